The van der Waals surface area contributed by atoms with Gasteiger partial charge in [0.25, 0.3) is 0 Å². The molecule has 1 amide bonds. The molecule has 166 valence electrons. The van der Waals surface area contributed by atoms with Crippen LogP contribution in [0.15, 0.2) is 18.2 Å². The average Bonchev–Trinajstić information content (AvgIpc) is 3.39. The number of alkyl carbamates (subject to hydrolysis) is 1. The van der Waals surface area contributed by atoms with Crippen molar-refractivity contribution in [3.63, 3.8) is 0 Å². The summed E-state index contributed by atoms with van der Waals surface area (Å²) in [7, 11) is -3.27. The van der Waals surface area contributed by atoms with Gasteiger partial charge in [-0.05, 0) is 50.2 Å². The van der Waals surface area contributed by atoms with E-state index >= 15 is 0 Å². The highest BCUT2D eigenvalue weighted by Crippen LogP contribution is 2.37. The van der Waals surface area contributed by atoms with Crippen molar-refractivity contribution < 1.29 is 22.3 Å². The number of hydrogen-bond donors (Lipinski definition) is 3. The lowest BCUT2D eigenvalue weighted by Gasteiger charge is -2.26. The summed E-state index contributed by atoms with van der Waals surface area (Å²) in [6.45, 7) is 0. The molecule has 10 heteroatoms. The van der Waals surface area contributed by atoms with Crippen LogP contribution >= 0.6 is 0 Å². The third kappa shape index (κ3) is 4.26. The van der Waals surface area contributed by atoms with Crippen molar-refractivity contribution in [2.45, 2.75) is 68.1 Å². The molecular formula is C21H25FN4O4S. The SMILES string of the molecule is O=C(NC1CCC1)O[C@H]1CC[C@@H](c2cc(Nc3ccc4c(c3F)CS(=O)(=O)C4)n[nH]2)C1. The van der Waals surface area contributed by atoms with E-state index in [-0.39, 0.29) is 46.9 Å². The smallest absolute Gasteiger partial charge is 0.407 e. The van der Waals surface area contributed by atoms with Gasteiger partial charge in [-0.3, -0.25) is 5.10 Å². The highest BCUT2D eigenvalue weighted by atomic mass is 32.2. The number of aromatic nitrogens is 2. The van der Waals surface area contributed by atoms with E-state index in [1.165, 1.54) is 0 Å². The van der Waals surface area contributed by atoms with E-state index in [1.807, 2.05) is 6.07 Å². The first-order chi connectivity index (χ1) is 14.9. The number of ether oxygens (including phenoxy) is 1. The van der Waals surface area contributed by atoms with Crippen LogP contribution in [0, 0.1) is 5.82 Å². The summed E-state index contributed by atoms with van der Waals surface area (Å²) in [6.07, 6.45) is 5.11. The van der Waals surface area contributed by atoms with E-state index in [2.05, 4.69) is 20.8 Å². The minimum absolute atomic E-state index is 0.115. The zero-order chi connectivity index (χ0) is 21.6. The van der Waals surface area contributed by atoms with E-state index in [9.17, 15) is 17.6 Å². The fourth-order valence-corrected chi connectivity index (χ4v) is 6.14. The van der Waals surface area contributed by atoms with E-state index in [0.717, 1.165) is 37.8 Å². The number of H-pyrrole nitrogens is 1. The van der Waals surface area contributed by atoms with Crippen LogP contribution in [0.5, 0.6) is 0 Å². The second kappa shape index (κ2) is 7.81. The van der Waals surface area contributed by atoms with E-state index in [4.69, 9.17) is 4.74 Å². The highest BCUT2D eigenvalue weighted by molar-refractivity contribution is 7.90. The van der Waals surface area contributed by atoms with Gasteiger partial charge in [-0.2, -0.15) is 5.10 Å². The molecule has 1 aromatic carbocycles. The number of sulfone groups is 1. The normalized spacial score (nSPS) is 24.4. The van der Waals surface area contributed by atoms with Crippen molar-refractivity contribution in [2.75, 3.05) is 5.32 Å². The Kier molecular flexibility index (Phi) is 5.11. The molecule has 0 saturated heterocycles. The number of carbonyl (C=O) groups is 1. The monoisotopic (exact) mass is 448 g/mol. The number of amides is 1. The van der Waals surface area contributed by atoms with E-state index < -0.39 is 15.7 Å². The van der Waals surface area contributed by atoms with Crippen molar-refractivity contribution in [1.29, 1.82) is 0 Å². The summed E-state index contributed by atoms with van der Waals surface area (Å²) >= 11 is 0. The topological polar surface area (TPSA) is 113 Å². The van der Waals surface area contributed by atoms with Crippen molar-refractivity contribution in [2.24, 2.45) is 0 Å². The van der Waals surface area contributed by atoms with Gasteiger partial charge < -0.3 is 15.4 Å². The number of carbonyl (C=O) groups excluding carboxylic acids is 1. The Balaban J connectivity index is 1.20. The molecule has 31 heavy (non-hydrogen) atoms. The van der Waals surface area contributed by atoms with Crippen LogP contribution < -0.4 is 10.6 Å². The Morgan fingerprint density at radius 2 is 2.03 bits per heavy atom. The lowest BCUT2D eigenvalue weighted by Crippen LogP contribution is -2.40. The first kappa shape index (κ1) is 20.3. The first-order valence-corrected chi connectivity index (χ1v) is 12.5. The molecule has 2 aliphatic carbocycles. The molecule has 0 bridgehead atoms. The van der Waals surface area contributed by atoms with Crippen LogP contribution in [0.4, 0.5) is 20.7 Å². The number of nitrogens with zero attached hydrogens (tertiary/aromatic N) is 1. The summed E-state index contributed by atoms with van der Waals surface area (Å²) in [5.41, 5.74) is 1.85. The number of fused-ring (bicyclic) bond motifs is 1. The fourth-order valence-electron chi connectivity index (χ4n) is 4.54. The average molecular weight is 449 g/mol. The molecule has 2 atom stereocenters. The number of halogens is 1. The van der Waals surface area contributed by atoms with Crippen LogP contribution in [-0.2, 0) is 26.1 Å². The summed E-state index contributed by atoms with van der Waals surface area (Å²) in [6, 6.07) is 5.27. The van der Waals surface area contributed by atoms with Gasteiger partial charge in [0.2, 0.25) is 0 Å². The van der Waals surface area contributed by atoms with Crippen molar-refractivity contribution in [1.82, 2.24) is 15.5 Å². The molecule has 2 heterocycles. The Morgan fingerprint density at radius 1 is 1.19 bits per heavy atom. The zero-order valence-electron chi connectivity index (χ0n) is 17.0. The molecule has 3 N–H and O–H groups in total. The molecule has 0 unspecified atom stereocenters. The maximum Gasteiger partial charge on any atom is 0.407 e. The Bertz CT molecular complexity index is 1110. The second-order valence-corrected chi connectivity index (χ2v) is 10.8. The predicted molar refractivity (Wildman–Crippen MR) is 112 cm³/mol. The van der Waals surface area contributed by atoms with Gasteiger partial charge in [-0.25, -0.2) is 17.6 Å². The summed E-state index contributed by atoms with van der Waals surface area (Å²) < 4.78 is 43.9. The van der Waals surface area contributed by atoms with E-state index in [0.29, 0.717) is 17.8 Å². The molecule has 0 spiro atoms. The van der Waals surface area contributed by atoms with Crippen LogP contribution in [-0.4, -0.2) is 36.9 Å². The lowest BCUT2D eigenvalue weighted by molar-refractivity contribution is 0.0932. The first-order valence-electron chi connectivity index (χ1n) is 10.7. The van der Waals surface area contributed by atoms with Gasteiger partial charge in [-0.15, -0.1) is 0 Å². The Morgan fingerprint density at radius 3 is 2.81 bits per heavy atom. The third-order valence-electron chi connectivity index (χ3n) is 6.47. The predicted octanol–water partition coefficient (Wildman–Crippen LogP) is 3.64. The number of nitrogens with one attached hydrogen (secondary N) is 3. The van der Waals surface area contributed by atoms with Gasteiger partial charge in [0, 0.05) is 29.3 Å². The maximum atomic E-state index is 14.8. The van der Waals surface area contributed by atoms with Crippen LogP contribution in [0.2, 0.25) is 0 Å². The van der Waals surface area contributed by atoms with Gasteiger partial charge in [-0.1, -0.05) is 6.07 Å². The van der Waals surface area contributed by atoms with Crippen LogP contribution in [0.3, 0.4) is 0 Å². The zero-order valence-corrected chi connectivity index (χ0v) is 17.8. The van der Waals surface area contributed by atoms with Crippen molar-refractivity contribution in [3.05, 3.63) is 40.8 Å². The molecule has 5 rings (SSSR count). The van der Waals surface area contributed by atoms with Gasteiger partial charge in [0.15, 0.2) is 21.5 Å². The number of aromatic amines is 1. The molecule has 0 radical (unpaired) electrons. The quantitative estimate of drug-likeness (QED) is 0.644. The third-order valence-corrected chi connectivity index (χ3v) is 7.94. The van der Waals surface area contributed by atoms with Crippen LogP contribution in [0.1, 0.15) is 61.3 Å². The largest absolute Gasteiger partial charge is 0.446 e. The molecule has 2 saturated carbocycles. The molecule has 2 aromatic rings. The minimum atomic E-state index is -3.27. The summed E-state index contributed by atoms with van der Waals surface area (Å²) in [5, 5.41) is 13.0. The number of benzene rings is 1. The number of anilines is 2. The summed E-state index contributed by atoms with van der Waals surface area (Å²) in [5.74, 6) is -0.292. The Labute approximate surface area is 179 Å². The maximum absolute atomic E-state index is 14.8. The number of hydrogen-bond acceptors (Lipinski definition) is 6. The molecule has 1 aliphatic heterocycles. The van der Waals surface area contributed by atoms with Gasteiger partial charge >= 0.3 is 6.09 Å². The molecule has 1 aromatic heterocycles. The standard InChI is InChI=1S/C21H25FN4O4S/c22-20-16-11-31(28,29)10-13(16)5-7-17(20)24-19-9-18(25-26-19)12-4-6-15(8-12)30-21(27)23-14-2-1-3-14/h5,7,9,12,14-15H,1-4,6,8,10-11H2,(H,23,27)(H2,24,25,26)/t12-,15+/m1/s1. The van der Waals surface area contributed by atoms with E-state index in [1.54, 1.807) is 12.1 Å². The minimum Gasteiger partial charge on any atom is -0.446 e. The highest BCUT2D eigenvalue weighted by Gasteiger charge is 2.31. The lowest BCUT2D eigenvalue weighted by atomic mass is 9.93. The second-order valence-electron chi connectivity index (χ2n) is 8.74. The molecule has 8 nitrogen and oxygen atoms in total. The van der Waals surface area contributed by atoms with Gasteiger partial charge in [0.1, 0.15) is 6.10 Å². The number of rotatable bonds is 5. The fraction of sp³-hybridized carbons (Fsp3) is 0.524. The van der Waals surface area contributed by atoms with Gasteiger partial charge in [0.05, 0.1) is 17.2 Å². The Hall–Kier alpha value is -2.62. The molecule has 3 aliphatic rings. The molecule has 2 fully saturated rings. The summed E-state index contributed by atoms with van der Waals surface area (Å²) in [4.78, 5) is 12.0. The van der Waals surface area contributed by atoms with Crippen molar-refractivity contribution in [3.8, 4) is 0 Å². The molecular weight excluding hydrogens is 423 g/mol. The van der Waals surface area contributed by atoms with Crippen LogP contribution in [0.25, 0.3) is 0 Å². The van der Waals surface area contributed by atoms with Crippen molar-refractivity contribution >= 4 is 27.4 Å².